The van der Waals surface area contributed by atoms with Crippen LogP contribution in [-0.4, -0.2) is 158 Å². The van der Waals surface area contributed by atoms with E-state index < -0.39 is 97.6 Å². The molecule has 1 heterocycles. The molecule has 0 bridgehead atoms. The summed E-state index contributed by atoms with van der Waals surface area (Å²) in [7, 11) is 9.59. The second-order valence-corrected chi connectivity index (χ2v) is 13.5. The number of hydrogen-bond acceptors (Lipinski definition) is 17. The van der Waals surface area contributed by atoms with Crippen LogP contribution in [0, 0.1) is 0 Å². The van der Waals surface area contributed by atoms with Gasteiger partial charge in [-0.05, 0) is 0 Å². The molecule has 0 aliphatic carbocycles. The number of hydrogen-bond donors (Lipinski definition) is 9. The molecule has 0 amide bonds. The predicted molar refractivity (Wildman–Crippen MR) is 183 cm³/mol. The molecule has 1 fully saturated rings. The average molecular weight is 862 g/mol. The summed E-state index contributed by atoms with van der Waals surface area (Å²) < 4.78 is 21.1. The summed E-state index contributed by atoms with van der Waals surface area (Å²) in [5, 5.41) is 51.4. The number of carboxylic acids is 4. The van der Waals surface area contributed by atoms with Crippen molar-refractivity contribution in [2.45, 2.75) is 75.5 Å². The molecule has 1 aliphatic heterocycles. The fraction of sp³-hybridized carbons (Fsp3) is 0.733. The van der Waals surface area contributed by atoms with Crippen LogP contribution < -0.4 is 26.6 Å². The van der Waals surface area contributed by atoms with Crippen LogP contribution in [0.3, 0.4) is 0 Å². The second-order valence-electron chi connectivity index (χ2n) is 11.5. The zero-order valence-electron chi connectivity index (χ0n) is 29.4. The third-order valence-corrected chi connectivity index (χ3v) is 7.04. The minimum atomic E-state index is -1.18. The molecule has 1 aliphatic rings. The van der Waals surface area contributed by atoms with Crippen molar-refractivity contribution in [3.8, 4) is 0 Å². The summed E-state index contributed by atoms with van der Waals surface area (Å²) in [5.74, 6) is -7.61. The standard InChI is InChI=1S/C30H49N5O16.2ClH.Mn/c36-23(37)1-5-27(44)48-15-19-11-31-9-10-32-20(16-49-28(45)6-2-24(38)39)12-34-22(18-51-30(47)8-4-26(42)43)14-35-21(13-33-19)17-50-29(46)7-3-25(40)41;;;/h19-22,31-35H,1-18H2,(H,36,37)(H,38,39)(H,40,41)(H,42,43);2*1H;/q;;;+2/p-2/t19-,20-,21-,22-;;;/m0.../s1. The zero-order chi connectivity index (χ0) is 40.7. The molecule has 24 heteroatoms. The summed E-state index contributed by atoms with van der Waals surface area (Å²) in [6, 6.07) is -2.26. The van der Waals surface area contributed by atoms with Crippen LogP contribution in [0.15, 0.2) is 0 Å². The van der Waals surface area contributed by atoms with Gasteiger partial charge < -0.3 is 66.0 Å². The van der Waals surface area contributed by atoms with Gasteiger partial charge in [0.15, 0.2) is 0 Å². The number of halogens is 2. The SMILES string of the molecule is O=C(O)CCC(=O)OC[C@@H]1CNCCN[C@H](COC(=O)CCC(=O)O)CN[C@H](COC(=O)CCC(=O)O)CN[C@H](COC(=O)CCC(=O)O)CN1.[Cl][Mn][Cl]. The van der Waals surface area contributed by atoms with Crippen LogP contribution >= 0.6 is 20.2 Å². The molecule has 54 heavy (non-hydrogen) atoms. The first kappa shape index (κ1) is 50.7. The van der Waals surface area contributed by atoms with Gasteiger partial charge in [-0.15, -0.1) is 0 Å². The topological polar surface area (TPSA) is 315 Å². The number of esters is 4. The molecule has 0 radical (unpaired) electrons. The molecular weight excluding hydrogens is 812 g/mol. The zero-order valence-corrected chi connectivity index (χ0v) is 32.1. The quantitative estimate of drug-likeness (QED) is 0.0379. The number of carbonyl (C=O) groups is 8. The van der Waals surface area contributed by atoms with Crippen molar-refractivity contribution >= 4 is 68.0 Å². The van der Waals surface area contributed by atoms with Gasteiger partial charge in [0, 0.05) is 39.3 Å². The molecule has 0 saturated carbocycles. The predicted octanol–water partition coefficient (Wildman–Crippen LogP) is -1.57. The Hall–Kier alpha value is -3.34. The number of nitrogens with one attached hydrogen (secondary N) is 5. The summed E-state index contributed by atoms with van der Waals surface area (Å²) >= 11 is 0.00694. The first-order valence-corrected chi connectivity index (χ1v) is 19.9. The number of carboxylic acid groups (broad SMARTS) is 4. The Labute approximate surface area is 325 Å². The van der Waals surface area contributed by atoms with Crippen molar-refractivity contribution < 1.29 is 90.9 Å². The molecule has 21 nitrogen and oxygen atoms in total. The Balaban J connectivity index is 0.00000903. The van der Waals surface area contributed by atoms with Gasteiger partial charge in [0.1, 0.15) is 26.4 Å². The van der Waals surface area contributed by atoms with Crippen LogP contribution in [0.4, 0.5) is 0 Å². The Morgan fingerprint density at radius 1 is 0.444 bits per heavy atom. The van der Waals surface area contributed by atoms with E-state index in [4.69, 9.17) is 59.6 Å². The van der Waals surface area contributed by atoms with Crippen LogP contribution in [0.25, 0.3) is 0 Å². The molecule has 311 valence electrons. The Morgan fingerprint density at radius 3 is 0.981 bits per heavy atom. The molecule has 4 atom stereocenters. The van der Waals surface area contributed by atoms with Crippen molar-refractivity contribution in [1.82, 2.24) is 26.6 Å². The number of ether oxygens (including phenoxy) is 4. The molecule has 0 aromatic carbocycles. The average Bonchev–Trinajstić information content (AvgIpc) is 3.12. The van der Waals surface area contributed by atoms with Crippen molar-refractivity contribution in [1.29, 1.82) is 0 Å². The Bertz CT molecular complexity index is 1100. The summed E-state index contributed by atoms with van der Waals surface area (Å²) in [5.41, 5.74) is 0. The van der Waals surface area contributed by atoms with E-state index >= 15 is 0 Å². The molecule has 0 aromatic heterocycles. The fourth-order valence-corrected chi connectivity index (χ4v) is 4.23. The van der Waals surface area contributed by atoms with E-state index in [1.165, 1.54) is 0 Å². The fourth-order valence-electron chi connectivity index (χ4n) is 4.23. The van der Waals surface area contributed by atoms with Gasteiger partial charge in [0.05, 0.1) is 75.5 Å². The number of aliphatic carboxylic acids is 4. The maximum absolute atomic E-state index is 12.2. The summed E-state index contributed by atoms with van der Waals surface area (Å²) in [6.45, 7) is 0.650. The molecular formula is C30H49Cl2MnN5O16. The minimum absolute atomic E-state index is 0.00694. The van der Waals surface area contributed by atoms with E-state index in [0.717, 1.165) is 0 Å². The monoisotopic (exact) mass is 860 g/mol. The molecule has 9 N–H and O–H groups in total. The van der Waals surface area contributed by atoms with Crippen LogP contribution in [-0.2, 0) is 70.4 Å². The van der Waals surface area contributed by atoms with Gasteiger partial charge in [-0.3, -0.25) is 38.4 Å². The summed E-state index contributed by atoms with van der Waals surface area (Å²) in [6.07, 6.45) is -3.04. The van der Waals surface area contributed by atoms with Crippen molar-refractivity contribution in [3.05, 3.63) is 0 Å². The van der Waals surface area contributed by atoms with E-state index in [2.05, 4.69) is 26.6 Å². The number of rotatable bonds is 20. The van der Waals surface area contributed by atoms with Crippen LogP contribution in [0.2, 0.25) is 0 Å². The number of carbonyl (C=O) groups excluding carboxylic acids is 4. The van der Waals surface area contributed by atoms with Gasteiger partial charge in [-0.1, -0.05) is 0 Å². The van der Waals surface area contributed by atoms with Gasteiger partial charge in [0.25, 0.3) is 0 Å². The van der Waals surface area contributed by atoms with Gasteiger partial charge in [-0.25, -0.2) is 0 Å². The molecule has 1 rings (SSSR count). The van der Waals surface area contributed by atoms with E-state index in [1.54, 1.807) is 0 Å². The van der Waals surface area contributed by atoms with Gasteiger partial charge >= 0.3 is 81.1 Å². The first-order valence-electron chi connectivity index (χ1n) is 16.7. The van der Waals surface area contributed by atoms with E-state index in [0.29, 0.717) is 13.1 Å². The van der Waals surface area contributed by atoms with E-state index in [9.17, 15) is 38.4 Å². The molecule has 0 aromatic rings. The van der Waals surface area contributed by atoms with E-state index in [1.807, 2.05) is 0 Å². The Kier molecular flexibility index (Phi) is 30.0. The van der Waals surface area contributed by atoms with Crippen molar-refractivity contribution in [2.75, 3.05) is 65.7 Å². The van der Waals surface area contributed by atoms with Crippen molar-refractivity contribution in [2.24, 2.45) is 0 Å². The Morgan fingerprint density at radius 2 is 0.704 bits per heavy atom. The van der Waals surface area contributed by atoms with Gasteiger partial charge in [0.2, 0.25) is 0 Å². The molecule has 1 saturated heterocycles. The third kappa shape index (κ3) is 31.1. The molecule has 0 unspecified atom stereocenters. The van der Waals surface area contributed by atoms with Crippen LogP contribution in [0.1, 0.15) is 51.4 Å². The second kappa shape index (κ2) is 32.0. The summed E-state index contributed by atoms with van der Waals surface area (Å²) in [4.78, 5) is 91.9. The normalized spacial score (nSPS) is 19.6. The maximum atomic E-state index is 12.2. The van der Waals surface area contributed by atoms with Gasteiger partial charge in [-0.2, -0.15) is 0 Å². The third-order valence-electron chi connectivity index (χ3n) is 7.04. The molecule has 0 spiro atoms. The first-order chi connectivity index (χ1) is 25.6. The van der Waals surface area contributed by atoms with E-state index in [-0.39, 0.29) is 91.4 Å². The van der Waals surface area contributed by atoms with Crippen LogP contribution in [0.5, 0.6) is 0 Å². The van der Waals surface area contributed by atoms with Crippen molar-refractivity contribution in [3.63, 3.8) is 0 Å².